The third-order valence-electron chi connectivity index (χ3n) is 2.71. The molecule has 3 nitrogen and oxygen atoms in total. The maximum atomic E-state index is 8.92. The zero-order chi connectivity index (χ0) is 21.6. The highest BCUT2D eigenvalue weighted by molar-refractivity contribution is 5.36. The molecule has 0 bridgehead atoms. The number of anilines is 2. The zero-order valence-electron chi connectivity index (χ0n) is 18.1. The summed E-state index contributed by atoms with van der Waals surface area (Å²) >= 11 is 0. The van der Waals surface area contributed by atoms with Crippen LogP contribution >= 0.6 is 0 Å². The fourth-order valence-electron chi connectivity index (χ4n) is 1.47. The van der Waals surface area contributed by atoms with Gasteiger partial charge in [-0.1, -0.05) is 110 Å². The van der Waals surface area contributed by atoms with Crippen molar-refractivity contribution in [3.63, 3.8) is 0 Å². The minimum Gasteiger partial charge on any atom is -0.508 e. The molecule has 0 saturated carbocycles. The van der Waals surface area contributed by atoms with E-state index in [4.69, 9.17) is 16.6 Å². The molecule has 5 N–H and O–H groups in total. The van der Waals surface area contributed by atoms with Crippen LogP contribution in [0.3, 0.4) is 0 Å². The second-order valence-corrected chi connectivity index (χ2v) is 6.02. The van der Waals surface area contributed by atoms with Gasteiger partial charge in [-0.3, -0.25) is 0 Å². The van der Waals surface area contributed by atoms with Crippen molar-refractivity contribution in [3.05, 3.63) is 90.5 Å². The van der Waals surface area contributed by atoms with Gasteiger partial charge in [0.05, 0.1) is 0 Å². The van der Waals surface area contributed by atoms with Crippen molar-refractivity contribution < 1.29 is 5.11 Å². The van der Waals surface area contributed by atoms with Crippen LogP contribution in [0.25, 0.3) is 0 Å². The van der Waals surface area contributed by atoms with Crippen LogP contribution in [0.4, 0.5) is 11.4 Å². The molecule has 30 heavy (non-hydrogen) atoms. The lowest BCUT2D eigenvalue weighted by Crippen LogP contribution is -1.79. The molecular weight excluding hydrogens is 368 g/mol. The normalized spacial score (nSPS) is 7.63. The summed E-state index contributed by atoms with van der Waals surface area (Å²) in [6, 6.07) is 26.2. The fraction of sp³-hybridized carbons (Fsp3) is 0.333. The lowest BCUT2D eigenvalue weighted by Gasteiger charge is -1.92. The Balaban J connectivity index is -0.000000146. The Morgan fingerprint density at radius 3 is 1.00 bits per heavy atom. The summed E-state index contributed by atoms with van der Waals surface area (Å²) in [5.41, 5.74) is 13.3. The van der Waals surface area contributed by atoms with Crippen molar-refractivity contribution in [1.82, 2.24) is 0 Å². The average Bonchev–Trinajstić information content (AvgIpc) is 2.68. The van der Waals surface area contributed by atoms with Crippen LogP contribution in [-0.2, 0) is 0 Å². The van der Waals surface area contributed by atoms with Gasteiger partial charge in [0, 0.05) is 11.4 Å². The van der Waals surface area contributed by atoms with Gasteiger partial charge in [-0.05, 0) is 42.8 Å². The Kier molecular flexibility index (Phi) is 30.0. The van der Waals surface area contributed by atoms with Crippen LogP contribution in [-0.4, -0.2) is 5.11 Å². The van der Waals surface area contributed by atoms with E-state index in [0.717, 1.165) is 16.9 Å². The van der Waals surface area contributed by atoms with Crippen LogP contribution in [0.15, 0.2) is 84.9 Å². The highest BCUT2D eigenvalue weighted by Gasteiger charge is 1.87. The first-order valence-electron chi connectivity index (χ1n) is 9.78. The summed E-state index contributed by atoms with van der Waals surface area (Å²) in [6.07, 6.45) is 2.50. The highest BCUT2D eigenvalue weighted by atomic mass is 16.3. The number of benzene rings is 3. The Labute approximate surface area is 186 Å². The molecule has 3 rings (SSSR count). The van der Waals surface area contributed by atoms with Gasteiger partial charge in [0.2, 0.25) is 0 Å². The smallest absolute Gasteiger partial charge is 0.118 e. The van der Waals surface area contributed by atoms with E-state index in [1.807, 2.05) is 85.8 Å². The van der Waals surface area contributed by atoms with Crippen molar-refractivity contribution >= 4 is 11.4 Å². The van der Waals surface area contributed by atoms with Crippen LogP contribution < -0.4 is 11.5 Å². The maximum absolute atomic E-state index is 8.92. The highest BCUT2D eigenvalue weighted by Crippen LogP contribution is 2.12. The van der Waals surface area contributed by atoms with E-state index >= 15 is 0 Å². The molecule has 0 heterocycles. The number of aromatic hydroxyl groups is 1. The summed E-state index contributed by atoms with van der Waals surface area (Å²) in [5.74, 6) is 0.368. The molecule has 0 amide bonds. The fourth-order valence-corrected chi connectivity index (χ4v) is 1.47. The van der Waals surface area contributed by atoms with Gasteiger partial charge >= 0.3 is 0 Å². The first-order chi connectivity index (χ1) is 13.4. The second kappa shape index (κ2) is 26.1. The maximum Gasteiger partial charge on any atom is 0.118 e. The molecule has 0 aromatic heterocycles. The van der Waals surface area contributed by atoms with E-state index in [1.165, 1.54) is 12.8 Å². The Morgan fingerprint density at radius 1 is 0.567 bits per heavy atom. The van der Waals surface area contributed by atoms with E-state index in [1.54, 1.807) is 6.07 Å². The molecule has 0 saturated heterocycles. The Hall–Kier alpha value is -2.94. The molecule has 0 unspecified atom stereocenters. The summed E-state index contributed by atoms with van der Waals surface area (Å²) < 4.78 is 0. The minimum atomic E-state index is 0. The lowest BCUT2D eigenvalue weighted by molar-refractivity contribution is 0.471. The molecule has 0 spiro atoms. The Bertz CT molecular complexity index is 610. The number of nitrogen functional groups attached to an aromatic ring is 2. The second-order valence-electron chi connectivity index (χ2n) is 6.02. The number of rotatable bonds is 0. The number of phenols is 1. The summed E-state index contributed by atoms with van der Waals surface area (Å²) in [7, 11) is 0. The Morgan fingerprint density at radius 2 is 0.833 bits per heavy atom. The van der Waals surface area contributed by atoms with E-state index < -0.39 is 0 Å². The number of para-hydroxylation sites is 3. The quantitative estimate of drug-likeness (QED) is 0.324. The summed E-state index contributed by atoms with van der Waals surface area (Å²) in [6.45, 7) is 10.4. The number of hydrogen-bond donors (Lipinski definition) is 3. The number of phenolic OH excluding ortho intramolecular Hbond substituents is 1. The zero-order valence-corrected chi connectivity index (χ0v) is 18.1. The lowest BCUT2D eigenvalue weighted by atomic mass is 10.2. The molecule has 0 aliphatic heterocycles. The molecule has 3 heteroatoms. The van der Waals surface area contributed by atoms with Gasteiger partial charge in [0.25, 0.3) is 0 Å². The molecule has 3 aromatic carbocycles. The molecule has 0 radical (unpaired) electrons. The van der Waals surface area contributed by atoms with Gasteiger partial charge in [0.1, 0.15) is 5.75 Å². The molecule has 0 atom stereocenters. The van der Waals surface area contributed by atoms with Crippen LogP contribution in [0.5, 0.6) is 5.75 Å². The molecule has 3 aromatic rings. The molecule has 0 fully saturated rings. The monoisotopic (exact) mass is 414 g/mol. The minimum absolute atomic E-state index is 0. The topological polar surface area (TPSA) is 72.3 Å². The first-order valence-corrected chi connectivity index (χ1v) is 9.78. The first kappa shape index (κ1) is 34.6. The molecule has 0 aliphatic carbocycles. The SMILES string of the molecule is C.C.CCC.CCC.Cc1ccccc1O.Nc1ccccc1.Nc1ccccc1. The van der Waals surface area contributed by atoms with Crippen molar-refractivity contribution in [2.45, 2.75) is 62.3 Å². The predicted octanol–water partition coefficient (Wildman–Crippen LogP) is 8.34. The van der Waals surface area contributed by atoms with Crippen molar-refractivity contribution in [1.29, 1.82) is 0 Å². The van der Waals surface area contributed by atoms with Gasteiger partial charge in [-0.2, -0.15) is 0 Å². The van der Waals surface area contributed by atoms with Gasteiger partial charge in [-0.15, -0.1) is 0 Å². The van der Waals surface area contributed by atoms with E-state index in [-0.39, 0.29) is 14.9 Å². The van der Waals surface area contributed by atoms with Gasteiger partial charge in [0.15, 0.2) is 0 Å². The third kappa shape index (κ3) is 25.1. The molecular formula is C27H46N2O. The standard InChI is InChI=1S/C7H8O.2C6H7N.2C3H8.2CH4/c1-6-4-2-3-5-7(6)8;2*7-6-4-2-1-3-5-6;2*1-3-2;;/h2-5,8H,1H3;2*1-5H,7H2;2*3H2,1-2H3;2*1H4. The van der Waals surface area contributed by atoms with Crippen LogP contribution in [0, 0.1) is 6.92 Å². The molecule has 0 aliphatic rings. The van der Waals surface area contributed by atoms with Crippen molar-refractivity contribution in [2.75, 3.05) is 11.5 Å². The van der Waals surface area contributed by atoms with E-state index in [9.17, 15) is 0 Å². The van der Waals surface area contributed by atoms with Crippen molar-refractivity contribution in [3.8, 4) is 5.75 Å². The number of hydrogen-bond acceptors (Lipinski definition) is 3. The largest absolute Gasteiger partial charge is 0.508 e. The van der Waals surface area contributed by atoms with Gasteiger partial charge < -0.3 is 16.6 Å². The van der Waals surface area contributed by atoms with Crippen LogP contribution in [0.1, 0.15) is 61.0 Å². The number of nitrogens with two attached hydrogens (primary N) is 2. The summed E-state index contributed by atoms with van der Waals surface area (Å²) in [4.78, 5) is 0. The molecule has 170 valence electrons. The number of aryl methyl sites for hydroxylation is 1. The predicted molar refractivity (Wildman–Crippen MR) is 140 cm³/mol. The average molecular weight is 415 g/mol. The van der Waals surface area contributed by atoms with E-state index in [0.29, 0.717) is 5.75 Å². The third-order valence-corrected chi connectivity index (χ3v) is 2.71. The van der Waals surface area contributed by atoms with Crippen molar-refractivity contribution in [2.24, 2.45) is 0 Å². The van der Waals surface area contributed by atoms with Gasteiger partial charge in [-0.25, -0.2) is 0 Å². The van der Waals surface area contributed by atoms with E-state index in [2.05, 4.69) is 27.7 Å². The summed E-state index contributed by atoms with van der Waals surface area (Å²) in [5, 5.41) is 8.92. The van der Waals surface area contributed by atoms with Crippen LogP contribution in [0.2, 0.25) is 0 Å².